The molecule has 0 unspecified atom stereocenters. The summed E-state index contributed by atoms with van der Waals surface area (Å²) in [4.78, 5) is 32.8. The molecule has 144 valence electrons. The molecular formula is C19H26N6O2. The third kappa shape index (κ3) is 5.37. The summed E-state index contributed by atoms with van der Waals surface area (Å²) in [5.41, 5.74) is 0.879. The van der Waals surface area contributed by atoms with Crippen molar-refractivity contribution in [2.24, 2.45) is 5.92 Å². The summed E-state index contributed by atoms with van der Waals surface area (Å²) in [6.45, 7) is 2.76. The molecule has 1 atom stereocenters. The van der Waals surface area contributed by atoms with E-state index in [1.54, 1.807) is 41.5 Å². The average molecular weight is 370 g/mol. The Morgan fingerprint density at radius 2 is 2.19 bits per heavy atom. The molecule has 1 saturated heterocycles. The van der Waals surface area contributed by atoms with Crippen LogP contribution in [0.1, 0.15) is 23.3 Å². The zero-order chi connectivity index (χ0) is 19.2. The van der Waals surface area contributed by atoms with Crippen LogP contribution in [0.2, 0.25) is 0 Å². The van der Waals surface area contributed by atoms with Gasteiger partial charge in [-0.1, -0.05) is 6.07 Å². The minimum atomic E-state index is -0.302. The molecule has 3 rings (SSSR count). The molecule has 1 aliphatic rings. The van der Waals surface area contributed by atoms with Crippen molar-refractivity contribution in [2.75, 3.05) is 39.0 Å². The van der Waals surface area contributed by atoms with Gasteiger partial charge in [-0.25, -0.2) is 0 Å². The second-order valence-corrected chi connectivity index (χ2v) is 7.21. The van der Waals surface area contributed by atoms with Gasteiger partial charge in [-0.05, 0) is 45.0 Å². The van der Waals surface area contributed by atoms with Crippen LogP contribution in [0.5, 0.6) is 0 Å². The van der Waals surface area contributed by atoms with Crippen LogP contribution in [0.4, 0.5) is 5.69 Å². The lowest BCUT2D eigenvalue weighted by atomic mass is 9.97. The number of nitrogens with one attached hydrogen (secondary N) is 1. The van der Waals surface area contributed by atoms with E-state index in [2.05, 4.69) is 34.4 Å². The van der Waals surface area contributed by atoms with E-state index in [0.29, 0.717) is 17.3 Å². The summed E-state index contributed by atoms with van der Waals surface area (Å²) in [7, 11) is 4.12. The molecule has 27 heavy (non-hydrogen) atoms. The van der Waals surface area contributed by atoms with Crippen molar-refractivity contribution in [1.82, 2.24) is 24.6 Å². The monoisotopic (exact) mass is 370 g/mol. The van der Waals surface area contributed by atoms with E-state index in [9.17, 15) is 9.59 Å². The lowest BCUT2D eigenvalue weighted by Crippen LogP contribution is -2.44. The maximum absolute atomic E-state index is 12.6. The molecule has 0 radical (unpaired) electrons. The number of amides is 2. The molecule has 0 aromatic carbocycles. The van der Waals surface area contributed by atoms with Gasteiger partial charge in [-0.2, -0.15) is 5.10 Å². The number of rotatable bonds is 6. The number of pyridine rings is 1. The molecule has 1 N–H and O–H groups in total. The SMILES string of the molecule is CN(C)C[C@H]1CCCN(C(=O)Cn2cc(NC(=O)c3ccccn3)cn2)C1. The zero-order valence-corrected chi connectivity index (χ0v) is 15.8. The van der Waals surface area contributed by atoms with Crippen LogP contribution in [0.3, 0.4) is 0 Å². The molecule has 1 aliphatic heterocycles. The van der Waals surface area contributed by atoms with Gasteiger partial charge >= 0.3 is 0 Å². The molecule has 0 aliphatic carbocycles. The van der Waals surface area contributed by atoms with Crippen molar-refractivity contribution in [3.05, 3.63) is 42.5 Å². The largest absolute Gasteiger partial charge is 0.341 e. The minimum absolute atomic E-state index is 0.0594. The summed E-state index contributed by atoms with van der Waals surface area (Å²) in [5, 5.41) is 6.94. The molecule has 0 bridgehead atoms. The van der Waals surface area contributed by atoms with Crippen molar-refractivity contribution in [3.63, 3.8) is 0 Å². The highest BCUT2D eigenvalue weighted by molar-refractivity contribution is 6.02. The lowest BCUT2D eigenvalue weighted by molar-refractivity contribution is -0.134. The van der Waals surface area contributed by atoms with Crippen molar-refractivity contribution in [1.29, 1.82) is 0 Å². The second kappa shape index (κ2) is 8.77. The van der Waals surface area contributed by atoms with Crippen LogP contribution in [0, 0.1) is 5.92 Å². The quantitative estimate of drug-likeness (QED) is 0.829. The van der Waals surface area contributed by atoms with Gasteiger partial charge in [0.05, 0.1) is 11.9 Å². The molecule has 2 amide bonds. The molecule has 1 fully saturated rings. The van der Waals surface area contributed by atoms with Crippen molar-refractivity contribution in [2.45, 2.75) is 19.4 Å². The van der Waals surface area contributed by atoms with Crippen molar-refractivity contribution >= 4 is 17.5 Å². The molecule has 8 heteroatoms. The first-order chi connectivity index (χ1) is 13.0. The van der Waals surface area contributed by atoms with E-state index in [1.807, 2.05) is 4.90 Å². The number of aromatic nitrogens is 3. The van der Waals surface area contributed by atoms with Crippen LogP contribution in [-0.2, 0) is 11.3 Å². The lowest BCUT2D eigenvalue weighted by Gasteiger charge is -2.34. The number of anilines is 1. The van der Waals surface area contributed by atoms with Gasteiger partial charge in [0.15, 0.2) is 0 Å². The van der Waals surface area contributed by atoms with E-state index >= 15 is 0 Å². The summed E-state index contributed by atoms with van der Waals surface area (Å²) in [6.07, 6.45) is 6.97. The fourth-order valence-corrected chi connectivity index (χ4v) is 3.40. The number of hydrogen-bond donors (Lipinski definition) is 1. The number of piperidine rings is 1. The average Bonchev–Trinajstić information content (AvgIpc) is 3.09. The van der Waals surface area contributed by atoms with Gasteiger partial charge in [0, 0.05) is 32.0 Å². The van der Waals surface area contributed by atoms with Crippen LogP contribution in [-0.4, -0.2) is 70.1 Å². The number of nitrogens with zero attached hydrogens (tertiary/aromatic N) is 5. The van der Waals surface area contributed by atoms with Gasteiger partial charge in [0.1, 0.15) is 12.2 Å². The van der Waals surface area contributed by atoms with Gasteiger partial charge in [-0.3, -0.25) is 19.3 Å². The Bertz CT molecular complexity index is 774. The maximum atomic E-state index is 12.6. The van der Waals surface area contributed by atoms with Crippen LogP contribution < -0.4 is 5.32 Å². The van der Waals surface area contributed by atoms with E-state index < -0.39 is 0 Å². The molecule has 2 aromatic rings. The van der Waals surface area contributed by atoms with Crippen LogP contribution in [0.25, 0.3) is 0 Å². The number of carbonyl (C=O) groups excluding carboxylic acids is 2. The summed E-state index contributed by atoms with van der Waals surface area (Å²) < 4.78 is 1.56. The first kappa shape index (κ1) is 19.0. The second-order valence-electron chi connectivity index (χ2n) is 7.21. The van der Waals surface area contributed by atoms with Gasteiger partial charge in [-0.15, -0.1) is 0 Å². The Hall–Kier alpha value is -2.74. The highest BCUT2D eigenvalue weighted by Crippen LogP contribution is 2.17. The van der Waals surface area contributed by atoms with Crippen LogP contribution >= 0.6 is 0 Å². The molecule has 8 nitrogen and oxygen atoms in total. The Kier molecular flexibility index (Phi) is 6.18. The number of hydrogen-bond acceptors (Lipinski definition) is 5. The van der Waals surface area contributed by atoms with Crippen LogP contribution in [0.15, 0.2) is 36.8 Å². The van der Waals surface area contributed by atoms with Crippen molar-refractivity contribution < 1.29 is 9.59 Å². The van der Waals surface area contributed by atoms with E-state index in [0.717, 1.165) is 32.5 Å². The smallest absolute Gasteiger partial charge is 0.274 e. The molecule has 3 heterocycles. The summed E-state index contributed by atoms with van der Waals surface area (Å²) >= 11 is 0. The third-order valence-electron chi connectivity index (χ3n) is 4.58. The normalized spacial score (nSPS) is 17.1. The number of likely N-dealkylation sites (tertiary alicyclic amines) is 1. The first-order valence-corrected chi connectivity index (χ1v) is 9.18. The Morgan fingerprint density at radius 1 is 1.33 bits per heavy atom. The molecule has 0 saturated carbocycles. The molecule has 2 aromatic heterocycles. The van der Waals surface area contributed by atoms with E-state index in [-0.39, 0.29) is 18.4 Å². The highest BCUT2D eigenvalue weighted by Gasteiger charge is 2.24. The third-order valence-corrected chi connectivity index (χ3v) is 4.58. The highest BCUT2D eigenvalue weighted by atomic mass is 16.2. The fraction of sp³-hybridized carbons (Fsp3) is 0.474. The zero-order valence-electron chi connectivity index (χ0n) is 15.8. The Labute approximate surface area is 159 Å². The van der Waals surface area contributed by atoms with E-state index in [1.165, 1.54) is 0 Å². The van der Waals surface area contributed by atoms with Gasteiger partial charge in [0.2, 0.25) is 5.91 Å². The van der Waals surface area contributed by atoms with E-state index in [4.69, 9.17) is 0 Å². The molecular weight excluding hydrogens is 344 g/mol. The summed E-state index contributed by atoms with van der Waals surface area (Å²) in [6, 6.07) is 5.15. The Morgan fingerprint density at radius 3 is 2.93 bits per heavy atom. The fourth-order valence-electron chi connectivity index (χ4n) is 3.40. The van der Waals surface area contributed by atoms with Gasteiger partial charge in [0.25, 0.3) is 5.91 Å². The standard InChI is InChI=1S/C19H26N6O2/c1-23(2)11-15-6-5-9-24(12-15)18(26)14-25-13-16(10-21-25)22-19(27)17-7-3-4-8-20-17/h3-4,7-8,10,13,15H,5-6,9,11-12,14H2,1-2H3,(H,22,27)/t15-/m1/s1. The van der Waals surface area contributed by atoms with Crippen molar-refractivity contribution in [3.8, 4) is 0 Å². The summed E-state index contributed by atoms with van der Waals surface area (Å²) in [5.74, 6) is 0.275. The minimum Gasteiger partial charge on any atom is -0.341 e. The predicted octanol–water partition coefficient (Wildman–Crippen LogP) is 1.33. The Balaban J connectivity index is 1.54. The number of carbonyl (C=O) groups is 2. The first-order valence-electron chi connectivity index (χ1n) is 9.18. The topological polar surface area (TPSA) is 83.4 Å². The maximum Gasteiger partial charge on any atom is 0.274 e. The van der Waals surface area contributed by atoms with Gasteiger partial charge < -0.3 is 15.1 Å². The predicted molar refractivity (Wildman–Crippen MR) is 102 cm³/mol. The molecule has 0 spiro atoms.